The molecule has 98 valence electrons. The highest BCUT2D eigenvalue weighted by Gasteiger charge is 2.20. The van der Waals surface area contributed by atoms with Crippen molar-refractivity contribution in [2.45, 2.75) is 12.5 Å². The molecule has 1 aliphatic rings. The predicted octanol–water partition coefficient (Wildman–Crippen LogP) is 1.16. The van der Waals surface area contributed by atoms with E-state index in [0.717, 1.165) is 17.9 Å². The summed E-state index contributed by atoms with van der Waals surface area (Å²) in [4.78, 5) is 30.2. The van der Waals surface area contributed by atoms with E-state index >= 15 is 0 Å². The van der Waals surface area contributed by atoms with Gasteiger partial charge < -0.3 is 10.3 Å². The van der Waals surface area contributed by atoms with Crippen LogP contribution in [0.5, 0.6) is 0 Å². The Morgan fingerprint density at radius 1 is 1.42 bits per heavy atom. The van der Waals surface area contributed by atoms with Crippen molar-refractivity contribution in [3.05, 3.63) is 40.4 Å². The van der Waals surface area contributed by atoms with Gasteiger partial charge in [0.2, 0.25) is 0 Å². The smallest absolute Gasteiger partial charge is 0.346 e. The van der Waals surface area contributed by atoms with Crippen molar-refractivity contribution in [3.63, 3.8) is 0 Å². The summed E-state index contributed by atoms with van der Waals surface area (Å²) in [5.74, 6) is 1.72. The van der Waals surface area contributed by atoms with Gasteiger partial charge in [-0.15, -0.1) is 0 Å². The summed E-state index contributed by atoms with van der Waals surface area (Å²) >= 11 is 1.82. The first-order valence-corrected chi connectivity index (χ1v) is 7.27. The van der Waals surface area contributed by atoms with Crippen molar-refractivity contribution in [1.29, 1.82) is 0 Å². The molecular weight excluding hydrogens is 262 g/mol. The molecule has 1 aromatic heterocycles. The van der Waals surface area contributed by atoms with Gasteiger partial charge in [0.1, 0.15) is 5.69 Å². The Bertz CT molecular complexity index is 677. The molecule has 5 nitrogen and oxygen atoms in total. The molecule has 0 aliphatic carbocycles. The number of hydrogen-bond donors (Lipinski definition) is 2. The van der Waals surface area contributed by atoms with E-state index < -0.39 is 5.69 Å². The number of aromatic amines is 1. The monoisotopic (exact) mass is 275 g/mol. The summed E-state index contributed by atoms with van der Waals surface area (Å²) < 4.78 is 0. The molecule has 0 bridgehead atoms. The van der Waals surface area contributed by atoms with Crippen LogP contribution < -0.4 is 11.0 Å². The Morgan fingerprint density at radius 2 is 2.26 bits per heavy atom. The van der Waals surface area contributed by atoms with Crippen molar-refractivity contribution in [1.82, 2.24) is 15.3 Å². The van der Waals surface area contributed by atoms with Gasteiger partial charge in [0.25, 0.3) is 5.91 Å². The Morgan fingerprint density at radius 3 is 3.05 bits per heavy atom. The Kier molecular flexibility index (Phi) is 3.25. The lowest BCUT2D eigenvalue weighted by Gasteiger charge is -2.11. The summed E-state index contributed by atoms with van der Waals surface area (Å²) in [5, 5.41) is 3.61. The second kappa shape index (κ2) is 5.05. The molecule has 1 aliphatic heterocycles. The molecule has 0 radical (unpaired) electrons. The lowest BCUT2D eigenvalue weighted by molar-refractivity contribution is 0.0937. The number of rotatable bonds is 2. The molecule has 1 fully saturated rings. The average Bonchev–Trinajstić information content (AvgIpc) is 2.90. The number of carbonyl (C=O) groups is 1. The molecule has 1 atom stereocenters. The summed E-state index contributed by atoms with van der Waals surface area (Å²) in [6, 6.07) is 7.37. The van der Waals surface area contributed by atoms with Crippen molar-refractivity contribution < 1.29 is 4.79 Å². The minimum atomic E-state index is -0.496. The van der Waals surface area contributed by atoms with E-state index in [1.165, 1.54) is 0 Å². The molecule has 3 rings (SSSR count). The molecule has 2 N–H and O–H groups in total. The summed E-state index contributed by atoms with van der Waals surface area (Å²) in [7, 11) is 0. The number of benzene rings is 1. The van der Waals surface area contributed by atoms with Crippen molar-refractivity contribution in [2.24, 2.45) is 0 Å². The van der Waals surface area contributed by atoms with Crippen LogP contribution in [0.15, 0.2) is 29.1 Å². The van der Waals surface area contributed by atoms with Crippen LogP contribution in [0, 0.1) is 0 Å². The SMILES string of the molecule is O=C(NC1CCSC1)c1nc(=O)[nH]c2ccccc12. The van der Waals surface area contributed by atoms with Gasteiger partial charge in [0, 0.05) is 17.2 Å². The van der Waals surface area contributed by atoms with Crippen LogP contribution in [0.4, 0.5) is 0 Å². The fourth-order valence-corrected chi connectivity index (χ4v) is 3.33. The first kappa shape index (κ1) is 12.2. The molecule has 1 aromatic carbocycles. The van der Waals surface area contributed by atoms with Gasteiger partial charge in [0.05, 0.1) is 5.52 Å². The highest BCUT2D eigenvalue weighted by atomic mass is 32.2. The maximum atomic E-state index is 12.2. The Balaban J connectivity index is 1.98. The highest BCUT2D eigenvalue weighted by molar-refractivity contribution is 7.99. The standard InChI is InChI=1S/C13H13N3O2S/c17-12(14-8-5-6-19-7-8)11-9-3-1-2-4-10(9)15-13(18)16-11/h1-4,8H,5-7H2,(H,14,17)(H,15,16,18). The number of amides is 1. The van der Waals surface area contributed by atoms with Crippen LogP contribution in [-0.2, 0) is 0 Å². The van der Waals surface area contributed by atoms with E-state index in [4.69, 9.17) is 0 Å². The van der Waals surface area contributed by atoms with Crippen LogP contribution in [0.25, 0.3) is 10.9 Å². The van der Waals surface area contributed by atoms with Gasteiger partial charge in [-0.2, -0.15) is 16.7 Å². The van der Waals surface area contributed by atoms with E-state index in [1.54, 1.807) is 12.1 Å². The second-order valence-electron chi connectivity index (χ2n) is 4.47. The van der Waals surface area contributed by atoms with Crippen LogP contribution in [0.2, 0.25) is 0 Å². The molecular formula is C13H13N3O2S. The van der Waals surface area contributed by atoms with Crippen LogP contribution >= 0.6 is 11.8 Å². The van der Waals surface area contributed by atoms with Crippen molar-refractivity contribution in [3.8, 4) is 0 Å². The Hall–Kier alpha value is -1.82. The molecule has 0 spiro atoms. The van der Waals surface area contributed by atoms with Gasteiger partial charge in [-0.1, -0.05) is 18.2 Å². The highest BCUT2D eigenvalue weighted by Crippen LogP contribution is 2.18. The van der Waals surface area contributed by atoms with Crippen molar-refractivity contribution in [2.75, 3.05) is 11.5 Å². The van der Waals surface area contributed by atoms with E-state index in [-0.39, 0.29) is 17.6 Å². The summed E-state index contributed by atoms with van der Waals surface area (Å²) in [6.07, 6.45) is 0.970. The van der Waals surface area contributed by atoms with Crippen LogP contribution in [0.3, 0.4) is 0 Å². The fourth-order valence-electron chi connectivity index (χ4n) is 2.18. The predicted molar refractivity (Wildman–Crippen MR) is 75.6 cm³/mol. The largest absolute Gasteiger partial charge is 0.347 e. The molecule has 19 heavy (non-hydrogen) atoms. The third-order valence-electron chi connectivity index (χ3n) is 3.12. The fraction of sp³-hybridized carbons (Fsp3) is 0.308. The molecule has 1 amide bonds. The molecule has 0 saturated carbocycles. The van der Waals surface area contributed by atoms with Gasteiger partial charge in [0.15, 0.2) is 0 Å². The lowest BCUT2D eigenvalue weighted by atomic mass is 10.1. The zero-order chi connectivity index (χ0) is 13.2. The van der Waals surface area contributed by atoms with E-state index in [1.807, 2.05) is 23.9 Å². The second-order valence-corrected chi connectivity index (χ2v) is 5.62. The van der Waals surface area contributed by atoms with Gasteiger partial charge in [-0.05, 0) is 18.2 Å². The van der Waals surface area contributed by atoms with Crippen molar-refractivity contribution >= 4 is 28.6 Å². The van der Waals surface area contributed by atoms with Gasteiger partial charge in [-0.25, -0.2) is 4.79 Å². The molecule has 2 aromatic rings. The molecule has 2 heterocycles. The minimum Gasteiger partial charge on any atom is -0.347 e. The van der Waals surface area contributed by atoms with Crippen LogP contribution in [0.1, 0.15) is 16.9 Å². The van der Waals surface area contributed by atoms with Crippen LogP contribution in [-0.4, -0.2) is 33.4 Å². The average molecular weight is 275 g/mol. The number of nitrogens with zero attached hydrogens (tertiary/aromatic N) is 1. The number of thioether (sulfide) groups is 1. The zero-order valence-corrected chi connectivity index (χ0v) is 11.0. The third kappa shape index (κ3) is 2.49. The first-order chi connectivity index (χ1) is 9.24. The summed E-state index contributed by atoms with van der Waals surface area (Å²) in [5.41, 5.74) is 0.342. The van der Waals surface area contributed by atoms with E-state index in [2.05, 4.69) is 15.3 Å². The zero-order valence-electron chi connectivity index (χ0n) is 10.2. The van der Waals surface area contributed by atoms with E-state index in [0.29, 0.717) is 10.9 Å². The lowest BCUT2D eigenvalue weighted by Crippen LogP contribution is -2.36. The number of carbonyl (C=O) groups excluding carboxylic acids is 1. The number of nitrogens with one attached hydrogen (secondary N) is 2. The minimum absolute atomic E-state index is 0.178. The van der Waals surface area contributed by atoms with E-state index in [9.17, 15) is 9.59 Å². The number of para-hydroxylation sites is 1. The molecule has 1 saturated heterocycles. The maximum absolute atomic E-state index is 12.2. The number of aromatic nitrogens is 2. The van der Waals surface area contributed by atoms with Gasteiger partial charge >= 0.3 is 5.69 Å². The molecule has 6 heteroatoms. The normalized spacial score (nSPS) is 18.6. The quantitative estimate of drug-likeness (QED) is 0.862. The summed E-state index contributed by atoms with van der Waals surface area (Å²) in [6.45, 7) is 0. The maximum Gasteiger partial charge on any atom is 0.346 e. The van der Waals surface area contributed by atoms with Gasteiger partial charge in [-0.3, -0.25) is 4.79 Å². The molecule has 1 unspecified atom stereocenters. The number of fused-ring (bicyclic) bond motifs is 1. The Labute approximate surface area is 113 Å². The third-order valence-corrected chi connectivity index (χ3v) is 4.28. The number of hydrogen-bond acceptors (Lipinski definition) is 4. The first-order valence-electron chi connectivity index (χ1n) is 6.12. The number of H-pyrrole nitrogens is 1. The topological polar surface area (TPSA) is 74.8 Å².